The Balaban J connectivity index is 2.88. The van der Waals surface area contributed by atoms with Gasteiger partial charge >= 0.3 is 11.7 Å². The highest BCUT2D eigenvalue weighted by atomic mass is 16.6. The van der Waals surface area contributed by atoms with Crippen LogP contribution < -0.4 is 4.74 Å². The van der Waals surface area contributed by atoms with Gasteiger partial charge in [-0.25, -0.2) is 4.79 Å². The zero-order chi connectivity index (χ0) is 12.7. The van der Waals surface area contributed by atoms with Crippen molar-refractivity contribution in [3.05, 3.63) is 58.0 Å². The molecule has 1 rings (SSSR count). The molecule has 0 saturated carbocycles. The summed E-state index contributed by atoms with van der Waals surface area (Å²) in [5.41, 5.74) is 1.61. The molecule has 0 heterocycles. The molecule has 0 aliphatic rings. The predicted molar refractivity (Wildman–Crippen MR) is 61.0 cm³/mol. The van der Waals surface area contributed by atoms with E-state index in [9.17, 15) is 14.9 Å². The molecular weight excluding hydrogens is 222 g/mol. The first-order valence-corrected chi connectivity index (χ1v) is 5.02. The fourth-order valence-electron chi connectivity index (χ4n) is 1.03. The van der Waals surface area contributed by atoms with Crippen molar-refractivity contribution < 1.29 is 14.5 Å². The van der Waals surface area contributed by atoms with E-state index >= 15 is 0 Å². The largest absolute Gasteiger partial charge is 0.424 e. The van der Waals surface area contributed by atoms with E-state index in [0.29, 0.717) is 6.42 Å². The molecule has 5 nitrogen and oxygen atoms in total. The van der Waals surface area contributed by atoms with Crippen LogP contribution in [0.1, 0.15) is 13.3 Å². The van der Waals surface area contributed by atoms with Crippen LogP contribution in [-0.2, 0) is 4.79 Å². The SMILES string of the molecule is CCC=C=C(C(=O)Oc1ccccc1)[N+](=O)[O-]. The summed E-state index contributed by atoms with van der Waals surface area (Å²) in [7, 11) is 0. The normalized spacial score (nSPS) is 9.00. The highest BCUT2D eigenvalue weighted by Gasteiger charge is 2.23. The van der Waals surface area contributed by atoms with Gasteiger partial charge in [-0.3, -0.25) is 10.1 Å². The van der Waals surface area contributed by atoms with Gasteiger partial charge in [0.2, 0.25) is 0 Å². The van der Waals surface area contributed by atoms with Gasteiger partial charge in [-0.1, -0.05) is 25.1 Å². The molecule has 0 N–H and O–H groups in total. The maximum absolute atomic E-state index is 11.5. The van der Waals surface area contributed by atoms with Crippen LogP contribution in [0.15, 0.2) is 47.8 Å². The molecule has 1 aromatic rings. The molecule has 5 heteroatoms. The molecule has 0 aromatic heterocycles. The molecule has 0 saturated heterocycles. The maximum Gasteiger partial charge on any atom is 0.424 e. The summed E-state index contributed by atoms with van der Waals surface area (Å²) in [5, 5.41) is 10.6. The number of benzene rings is 1. The Morgan fingerprint density at radius 3 is 2.65 bits per heavy atom. The van der Waals surface area contributed by atoms with E-state index < -0.39 is 16.6 Å². The van der Waals surface area contributed by atoms with Crippen LogP contribution in [0.2, 0.25) is 0 Å². The van der Waals surface area contributed by atoms with Gasteiger partial charge in [0.15, 0.2) is 0 Å². The summed E-state index contributed by atoms with van der Waals surface area (Å²) < 4.78 is 4.83. The number of carbonyl (C=O) groups is 1. The summed E-state index contributed by atoms with van der Waals surface area (Å²) in [6.07, 6.45) is 1.96. The second-order valence-corrected chi connectivity index (χ2v) is 3.06. The minimum Gasteiger partial charge on any atom is -0.418 e. The van der Waals surface area contributed by atoms with Gasteiger partial charge in [0.05, 0.1) is 4.92 Å². The standard InChI is InChI=1S/C12H11NO4/c1-2-3-9-11(13(15)16)12(14)17-10-7-5-4-6-8-10/h3-8H,2H2,1H3. The monoisotopic (exact) mass is 233 g/mol. The Bertz CT molecular complexity index is 473. The van der Waals surface area contributed by atoms with Gasteiger partial charge in [0.25, 0.3) is 0 Å². The van der Waals surface area contributed by atoms with E-state index in [0.717, 1.165) is 0 Å². The summed E-state index contributed by atoms with van der Waals surface area (Å²) in [4.78, 5) is 21.3. The molecule has 0 atom stereocenters. The van der Waals surface area contributed by atoms with Gasteiger partial charge in [-0.05, 0) is 30.4 Å². The van der Waals surface area contributed by atoms with Gasteiger partial charge in [0.1, 0.15) is 5.75 Å². The molecule has 0 aliphatic heterocycles. The third-order valence-electron chi connectivity index (χ3n) is 1.77. The van der Waals surface area contributed by atoms with Crippen LogP contribution in [0.25, 0.3) is 0 Å². The molecule has 88 valence electrons. The topological polar surface area (TPSA) is 69.4 Å². The fraction of sp³-hybridized carbons (Fsp3) is 0.167. The third kappa shape index (κ3) is 3.93. The van der Waals surface area contributed by atoms with Crippen LogP contribution >= 0.6 is 0 Å². The van der Waals surface area contributed by atoms with Crippen LogP contribution in [-0.4, -0.2) is 10.9 Å². The molecule has 1 aromatic carbocycles. The molecular formula is C12H11NO4. The van der Waals surface area contributed by atoms with Crippen molar-refractivity contribution in [2.75, 3.05) is 0 Å². The van der Waals surface area contributed by atoms with E-state index in [1.54, 1.807) is 37.3 Å². The lowest BCUT2D eigenvalue weighted by atomic mass is 10.3. The molecule has 0 amide bonds. The maximum atomic E-state index is 11.5. The highest BCUT2D eigenvalue weighted by Crippen LogP contribution is 2.10. The van der Waals surface area contributed by atoms with Crippen molar-refractivity contribution in [2.24, 2.45) is 0 Å². The van der Waals surface area contributed by atoms with Crippen molar-refractivity contribution in [1.82, 2.24) is 0 Å². The Morgan fingerprint density at radius 1 is 1.47 bits per heavy atom. The molecule has 0 radical (unpaired) electrons. The molecule has 17 heavy (non-hydrogen) atoms. The van der Waals surface area contributed by atoms with E-state index in [2.05, 4.69) is 5.73 Å². The second-order valence-electron chi connectivity index (χ2n) is 3.06. The Hall–Kier alpha value is -2.39. The lowest BCUT2D eigenvalue weighted by molar-refractivity contribution is -0.420. The first-order valence-electron chi connectivity index (χ1n) is 5.02. The number of nitrogens with zero attached hydrogens (tertiary/aromatic N) is 1. The van der Waals surface area contributed by atoms with Crippen molar-refractivity contribution in [3.63, 3.8) is 0 Å². The molecule has 0 bridgehead atoms. The Labute approximate surface area is 98.2 Å². The number of ether oxygens (including phenoxy) is 1. The highest BCUT2D eigenvalue weighted by molar-refractivity contribution is 5.87. The Kier molecular flexibility index (Phi) is 4.66. The second kappa shape index (κ2) is 6.25. The van der Waals surface area contributed by atoms with Crippen LogP contribution in [0.5, 0.6) is 5.75 Å². The lowest BCUT2D eigenvalue weighted by Gasteiger charge is -2.00. The van der Waals surface area contributed by atoms with Crippen molar-refractivity contribution in [2.45, 2.75) is 13.3 Å². The quantitative estimate of drug-likeness (QED) is 0.200. The number of esters is 1. The van der Waals surface area contributed by atoms with Crippen LogP contribution in [0.4, 0.5) is 0 Å². The Morgan fingerprint density at radius 2 is 2.12 bits per heavy atom. The number of nitro groups is 1. The van der Waals surface area contributed by atoms with E-state index in [1.807, 2.05) is 0 Å². The number of hydrogen-bond acceptors (Lipinski definition) is 4. The fourth-order valence-corrected chi connectivity index (χ4v) is 1.03. The molecule has 0 fully saturated rings. The van der Waals surface area contributed by atoms with Crippen molar-refractivity contribution in [3.8, 4) is 5.75 Å². The molecule has 0 aliphatic carbocycles. The number of rotatable bonds is 4. The first kappa shape index (κ1) is 12.7. The number of para-hydroxylation sites is 1. The smallest absolute Gasteiger partial charge is 0.418 e. The average Bonchev–Trinajstić information content (AvgIpc) is 2.30. The van der Waals surface area contributed by atoms with Gasteiger partial charge in [-0.15, -0.1) is 0 Å². The van der Waals surface area contributed by atoms with Crippen LogP contribution in [0, 0.1) is 10.1 Å². The summed E-state index contributed by atoms with van der Waals surface area (Å²) >= 11 is 0. The van der Waals surface area contributed by atoms with Gasteiger partial charge < -0.3 is 4.74 Å². The third-order valence-corrected chi connectivity index (χ3v) is 1.77. The predicted octanol–water partition coefficient (Wildman–Crippen LogP) is 2.32. The van der Waals surface area contributed by atoms with Gasteiger partial charge in [0, 0.05) is 0 Å². The van der Waals surface area contributed by atoms with E-state index in [-0.39, 0.29) is 5.75 Å². The zero-order valence-corrected chi connectivity index (χ0v) is 9.25. The summed E-state index contributed by atoms with van der Waals surface area (Å²) in [6.45, 7) is 1.78. The molecule has 0 unspecified atom stereocenters. The summed E-state index contributed by atoms with van der Waals surface area (Å²) in [5.74, 6) is -0.763. The van der Waals surface area contributed by atoms with Crippen molar-refractivity contribution >= 4 is 5.97 Å². The lowest BCUT2D eigenvalue weighted by Crippen LogP contribution is -2.16. The average molecular weight is 233 g/mol. The summed E-state index contributed by atoms with van der Waals surface area (Å²) in [6, 6.07) is 8.16. The minimum absolute atomic E-state index is 0.259. The minimum atomic E-state index is -1.02. The van der Waals surface area contributed by atoms with E-state index in [1.165, 1.54) is 6.08 Å². The first-order chi connectivity index (χ1) is 8.15. The molecule has 0 spiro atoms. The number of hydrogen-bond donors (Lipinski definition) is 0. The van der Waals surface area contributed by atoms with Crippen LogP contribution in [0.3, 0.4) is 0 Å². The van der Waals surface area contributed by atoms with E-state index in [4.69, 9.17) is 4.74 Å². The zero-order valence-electron chi connectivity index (χ0n) is 9.25. The number of carbonyl (C=O) groups excluding carboxylic acids is 1. The van der Waals surface area contributed by atoms with Crippen molar-refractivity contribution in [1.29, 1.82) is 0 Å². The van der Waals surface area contributed by atoms with Gasteiger partial charge in [-0.2, -0.15) is 0 Å².